The first-order valence-corrected chi connectivity index (χ1v) is 10.0. The molecule has 8 nitrogen and oxygen atoms in total. The van der Waals surface area contributed by atoms with Gasteiger partial charge in [-0.1, -0.05) is 24.3 Å². The van der Waals surface area contributed by atoms with Gasteiger partial charge >= 0.3 is 12.1 Å². The lowest BCUT2D eigenvalue weighted by Gasteiger charge is -2.24. The van der Waals surface area contributed by atoms with Crippen LogP contribution in [0, 0.1) is 5.82 Å². The Bertz CT molecular complexity index is 940. The van der Waals surface area contributed by atoms with Crippen molar-refractivity contribution in [2.24, 2.45) is 0 Å². The average Bonchev–Trinajstić information content (AvgIpc) is 2.68. The number of nitrogens with one attached hydrogen (secondary N) is 2. The van der Waals surface area contributed by atoms with E-state index in [2.05, 4.69) is 10.6 Å². The highest BCUT2D eigenvalue weighted by molar-refractivity contribution is 5.89. The minimum Gasteiger partial charge on any atom is -0.480 e. The molecule has 0 aromatic heterocycles. The van der Waals surface area contributed by atoms with Crippen molar-refractivity contribution in [2.45, 2.75) is 51.3 Å². The van der Waals surface area contributed by atoms with Gasteiger partial charge in [0.1, 0.15) is 23.5 Å². The fraction of sp³-hybridized carbons (Fsp3) is 0.348. The number of hydrogen-bond acceptors (Lipinski definition) is 5. The molecule has 5 N–H and O–H groups in total. The van der Waals surface area contributed by atoms with Crippen LogP contribution in [0.3, 0.4) is 0 Å². The summed E-state index contributed by atoms with van der Waals surface area (Å²) in [6, 6.07) is 9.68. The molecule has 0 fully saturated rings. The van der Waals surface area contributed by atoms with Crippen molar-refractivity contribution in [2.75, 3.05) is 5.73 Å². The van der Waals surface area contributed by atoms with Gasteiger partial charge in [0.05, 0.1) is 0 Å². The molecule has 0 spiro atoms. The van der Waals surface area contributed by atoms with Crippen LogP contribution in [0.2, 0.25) is 0 Å². The number of anilines is 1. The van der Waals surface area contributed by atoms with Gasteiger partial charge in [-0.05, 0) is 56.2 Å². The Balaban J connectivity index is 2.17. The molecule has 0 saturated heterocycles. The van der Waals surface area contributed by atoms with Crippen LogP contribution in [0.15, 0.2) is 48.5 Å². The number of carboxylic acids is 1. The van der Waals surface area contributed by atoms with E-state index >= 15 is 0 Å². The Morgan fingerprint density at radius 2 is 1.44 bits per heavy atom. The molecule has 2 amide bonds. The largest absolute Gasteiger partial charge is 0.480 e. The average molecular weight is 445 g/mol. The van der Waals surface area contributed by atoms with Gasteiger partial charge in [-0.2, -0.15) is 0 Å². The second-order valence-electron chi connectivity index (χ2n) is 8.37. The first-order valence-electron chi connectivity index (χ1n) is 10.0. The molecule has 9 heteroatoms. The highest BCUT2D eigenvalue weighted by Crippen LogP contribution is 2.12. The minimum absolute atomic E-state index is 0.0532. The zero-order valence-corrected chi connectivity index (χ0v) is 18.2. The number of rotatable bonds is 8. The first-order chi connectivity index (χ1) is 14.9. The molecule has 0 heterocycles. The lowest BCUT2D eigenvalue weighted by molar-refractivity contribution is -0.142. The van der Waals surface area contributed by atoms with E-state index < -0.39 is 41.5 Å². The topological polar surface area (TPSA) is 131 Å². The summed E-state index contributed by atoms with van der Waals surface area (Å²) in [5.74, 6) is -2.40. The number of carbonyl (C=O) groups is 3. The summed E-state index contributed by atoms with van der Waals surface area (Å²) in [5, 5.41) is 14.5. The van der Waals surface area contributed by atoms with Crippen molar-refractivity contribution in [1.82, 2.24) is 10.6 Å². The summed E-state index contributed by atoms with van der Waals surface area (Å²) in [5.41, 5.74) is 6.70. The number of aliphatic carboxylic acids is 1. The van der Waals surface area contributed by atoms with Crippen molar-refractivity contribution >= 4 is 23.7 Å². The van der Waals surface area contributed by atoms with Crippen molar-refractivity contribution in [3.8, 4) is 0 Å². The molecule has 0 radical (unpaired) electrons. The summed E-state index contributed by atoms with van der Waals surface area (Å²) in [6.45, 7) is 5.06. The third-order valence-electron chi connectivity index (χ3n) is 4.39. The van der Waals surface area contributed by atoms with E-state index in [0.29, 0.717) is 16.8 Å². The number of benzene rings is 2. The van der Waals surface area contributed by atoms with Crippen LogP contribution in [0.4, 0.5) is 14.9 Å². The lowest BCUT2D eigenvalue weighted by Crippen LogP contribution is -2.53. The van der Waals surface area contributed by atoms with Crippen LogP contribution in [0.1, 0.15) is 31.9 Å². The molecule has 2 aromatic rings. The third kappa shape index (κ3) is 8.25. The third-order valence-corrected chi connectivity index (χ3v) is 4.39. The number of halogens is 1. The van der Waals surface area contributed by atoms with Crippen LogP contribution in [-0.2, 0) is 27.2 Å². The van der Waals surface area contributed by atoms with Crippen LogP contribution in [0.25, 0.3) is 0 Å². The van der Waals surface area contributed by atoms with E-state index in [4.69, 9.17) is 10.5 Å². The molecule has 0 bridgehead atoms. The van der Waals surface area contributed by atoms with Crippen molar-refractivity contribution in [1.29, 1.82) is 0 Å². The monoisotopic (exact) mass is 445 g/mol. The van der Waals surface area contributed by atoms with Crippen LogP contribution >= 0.6 is 0 Å². The Morgan fingerprint density at radius 3 is 1.94 bits per heavy atom. The smallest absolute Gasteiger partial charge is 0.408 e. The molecule has 0 aliphatic rings. The highest BCUT2D eigenvalue weighted by atomic mass is 19.1. The maximum atomic E-state index is 13.1. The van der Waals surface area contributed by atoms with Gasteiger partial charge in [-0.25, -0.2) is 14.0 Å². The number of hydrogen-bond donors (Lipinski definition) is 4. The molecule has 0 saturated carbocycles. The number of alkyl carbamates (subject to hydrolysis) is 1. The maximum absolute atomic E-state index is 13.1. The zero-order chi connectivity index (χ0) is 23.9. The summed E-state index contributed by atoms with van der Waals surface area (Å²) >= 11 is 0. The predicted octanol–water partition coefficient (Wildman–Crippen LogP) is 2.66. The number of ether oxygens (including phenoxy) is 1. The standard InChI is InChI=1S/C23H28FN3O5/c1-23(2,3)32-22(31)27-18(12-15-6-10-17(25)11-7-15)20(28)26-19(21(29)30)13-14-4-8-16(24)9-5-14/h4-11,18-19H,12-13,25H2,1-3H3,(H,26,28)(H,27,31)(H,29,30)/t18-,19-/m0/s1. The van der Waals surface area contributed by atoms with Crippen molar-refractivity contribution < 1.29 is 28.6 Å². The second-order valence-corrected chi connectivity index (χ2v) is 8.37. The quantitative estimate of drug-likeness (QED) is 0.462. The van der Waals surface area contributed by atoms with Crippen molar-refractivity contribution in [3.05, 3.63) is 65.5 Å². The van der Waals surface area contributed by atoms with E-state index in [0.717, 1.165) is 0 Å². The van der Waals surface area contributed by atoms with Crippen LogP contribution in [0.5, 0.6) is 0 Å². The molecular weight excluding hydrogens is 417 g/mol. The van der Waals surface area contributed by atoms with Gasteiger partial charge in [0.25, 0.3) is 0 Å². The Hall–Kier alpha value is -3.62. The summed E-state index contributed by atoms with van der Waals surface area (Å²) < 4.78 is 18.4. The van der Waals surface area contributed by atoms with E-state index in [9.17, 15) is 23.9 Å². The molecule has 2 rings (SSSR count). The summed E-state index contributed by atoms with van der Waals surface area (Å²) in [7, 11) is 0. The van der Waals surface area contributed by atoms with E-state index in [1.165, 1.54) is 24.3 Å². The molecule has 32 heavy (non-hydrogen) atoms. The predicted molar refractivity (Wildman–Crippen MR) is 117 cm³/mol. The highest BCUT2D eigenvalue weighted by Gasteiger charge is 2.28. The maximum Gasteiger partial charge on any atom is 0.408 e. The second kappa shape index (κ2) is 10.6. The van der Waals surface area contributed by atoms with Gasteiger partial charge in [0.2, 0.25) is 5.91 Å². The fourth-order valence-corrected chi connectivity index (χ4v) is 2.88. The minimum atomic E-state index is -1.28. The molecule has 0 aliphatic carbocycles. The van der Waals surface area contributed by atoms with Gasteiger partial charge < -0.3 is 26.2 Å². The van der Waals surface area contributed by atoms with E-state index in [1.54, 1.807) is 45.0 Å². The molecule has 172 valence electrons. The number of amides is 2. The van der Waals surface area contributed by atoms with Gasteiger partial charge in [-0.3, -0.25) is 4.79 Å². The number of nitrogens with two attached hydrogens (primary N) is 1. The van der Waals surface area contributed by atoms with Crippen molar-refractivity contribution in [3.63, 3.8) is 0 Å². The fourth-order valence-electron chi connectivity index (χ4n) is 2.88. The first kappa shape index (κ1) is 24.6. The van der Waals surface area contributed by atoms with Crippen LogP contribution < -0.4 is 16.4 Å². The summed E-state index contributed by atoms with van der Waals surface area (Å²) in [4.78, 5) is 36.9. The molecular formula is C23H28FN3O5. The number of carboxylic acid groups (broad SMARTS) is 1. The van der Waals surface area contributed by atoms with Crippen LogP contribution in [-0.4, -0.2) is 40.8 Å². The van der Waals surface area contributed by atoms with E-state index in [1.807, 2.05) is 0 Å². The number of carbonyl (C=O) groups excluding carboxylic acids is 2. The van der Waals surface area contributed by atoms with Gasteiger partial charge in [0.15, 0.2) is 0 Å². The molecule has 0 aliphatic heterocycles. The summed E-state index contributed by atoms with van der Waals surface area (Å²) in [6.07, 6.45) is -0.769. The zero-order valence-electron chi connectivity index (χ0n) is 18.2. The molecule has 2 atom stereocenters. The van der Waals surface area contributed by atoms with E-state index in [-0.39, 0.29) is 12.8 Å². The van der Waals surface area contributed by atoms with Gasteiger partial charge in [0, 0.05) is 18.5 Å². The SMILES string of the molecule is CC(C)(C)OC(=O)N[C@@H](Cc1ccc(N)cc1)C(=O)N[C@@H](Cc1ccc(F)cc1)C(=O)O. The normalized spacial score (nSPS) is 13.0. The number of nitrogen functional groups attached to an aromatic ring is 1. The molecule has 0 unspecified atom stereocenters. The molecule has 2 aromatic carbocycles. The van der Waals surface area contributed by atoms with Gasteiger partial charge in [-0.15, -0.1) is 0 Å². The Labute approximate surface area is 186 Å². The lowest BCUT2D eigenvalue weighted by atomic mass is 10.0. The Kier molecular flexibility index (Phi) is 8.17. The Morgan fingerprint density at radius 1 is 0.938 bits per heavy atom.